The third-order valence-electron chi connectivity index (χ3n) is 12.4. The number of benzene rings is 3. The normalized spacial score (nSPS) is 22.0. The van der Waals surface area contributed by atoms with Gasteiger partial charge >= 0.3 is 12.1 Å². The molecular formula is C44H62N4O9Si2. The number of ether oxygens (including phenoxy) is 4. The summed E-state index contributed by atoms with van der Waals surface area (Å²) in [7, 11) is -4.91. The zero-order chi connectivity index (χ0) is 43.3. The summed E-state index contributed by atoms with van der Waals surface area (Å²) in [6.07, 6.45) is -6.52. The Morgan fingerprint density at radius 3 is 1.97 bits per heavy atom. The summed E-state index contributed by atoms with van der Waals surface area (Å²) in [5, 5.41) is 18.3. The van der Waals surface area contributed by atoms with E-state index >= 15 is 0 Å². The predicted molar refractivity (Wildman–Crippen MR) is 232 cm³/mol. The molecule has 13 nitrogen and oxygen atoms in total. The summed E-state index contributed by atoms with van der Waals surface area (Å²) in [5.41, 5.74) is 14.8. The molecule has 1 fully saturated rings. The predicted octanol–water partition coefficient (Wildman–Crippen LogP) is 9.22. The highest BCUT2D eigenvalue weighted by atomic mass is 28.4. The maximum Gasteiger partial charge on any atom is 0.407 e. The largest absolute Gasteiger partial charge is 0.459 e. The summed E-state index contributed by atoms with van der Waals surface area (Å²) < 4.78 is 37.8. The second kappa shape index (κ2) is 18.7. The molecule has 3 aromatic rings. The molecule has 2 aliphatic rings. The SMILES string of the molecule is C[C@@H](OC1O[C@H](CO[Si](C)(C)C(C)(C)C)[C@H](O)[C@H](O[Si](C)(C)C(C)(C)C)[C@H]1N=[N+]=[N-])[C@H](NC(=O)OCC1c2ccccc2-c2ccccc21)C(=O)OCc1ccccc1. The van der Waals surface area contributed by atoms with Crippen LogP contribution in [0.25, 0.3) is 21.6 Å². The van der Waals surface area contributed by atoms with Gasteiger partial charge in [-0.3, -0.25) is 0 Å². The minimum absolute atomic E-state index is 0.0197. The lowest BCUT2D eigenvalue weighted by Gasteiger charge is -2.49. The molecule has 3 aromatic carbocycles. The van der Waals surface area contributed by atoms with E-state index in [1.54, 1.807) is 6.92 Å². The van der Waals surface area contributed by atoms with E-state index in [-0.39, 0.29) is 35.8 Å². The van der Waals surface area contributed by atoms with Crippen LogP contribution in [0, 0.1) is 0 Å². The standard InChI is InChI=1S/C44H62N4O9Si2/c1-28(55-41-37(47-48-45)39(57-59(10,11)44(5,6)7)38(49)35(56-41)27-54-58(8,9)43(2,3)4)36(40(50)52-25-29-19-13-12-14-20-29)46-42(51)53-26-34-32-23-17-15-21-30(32)31-22-16-18-24-33(31)34/h12-24,28,34-39,41,49H,25-27H2,1-11H3,(H,46,51)/t28-,35-,36+,37-,38+,39-,41?/m1/s1. The minimum Gasteiger partial charge on any atom is -0.459 e. The highest BCUT2D eigenvalue weighted by molar-refractivity contribution is 6.74. The lowest BCUT2D eigenvalue weighted by molar-refractivity contribution is -0.274. The van der Waals surface area contributed by atoms with E-state index in [9.17, 15) is 20.2 Å². The van der Waals surface area contributed by atoms with Gasteiger partial charge in [-0.2, -0.15) is 0 Å². The van der Waals surface area contributed by atoms with Crippen LogP contribution in [-0.2, 0) is 39.2 Å². The Kier molecular flexibility index (Phi) is 14.6. The zero-order valence-corrected chi connectivity index (χ0v) is 38.3. The van der Waals surface area contributed by atoms with E-state index in [1.807, 2.05) is 92.0 Å². The lowest BCUT2D eigenvalue weighted by Crippen LogP contribution is -2.64. The van der Waals surface area contributed by atoms with Crippen LogP contribution in [0.15, 0.2) is 84.0 Å². The average Bonchev–Trinajstić information content (AvgIpc) is 3.49. The van der Waals surface area contributed by atoms with Crippen molar-refractivity contribution in [3.63, 3.8) is 0 Å². The van der Waals surface area contributed by atoms with Crippen LogP contribution in [0.3, 0.4) is 0 Å². The molecule has 1 saturated heterocycles. The Hall–Kier alpha value is -4.06. The molecule has 15 heteroatoms. The van der Waals surface area contributed by atoms with E-state index in [2.05, 4.69) is 70.0 Å². The third-order valence-corrected chi connectivity index (χ3v) is 21.4. The third kappa shape index (κ3) is 10.8. The van der Waals surface area contributed by atoms with Crippen LogP contribution in [0.4, 0.5) is 4.79 Å². The Bertz CT molecular complexity index is 1920. The number of aliphatic hydroxyl groups is 1. The summed E-state index contributed by atoms with van der Waals surface area (Å²) >= 11 is 0. The van der Waals surface area contributed by atoms with Crippen LogP contribution in [0.2, 0.25) is 36.3 Å². The van der Waals surface area contributed by atoms with Crippen LogP contribution < -0.4 is 5.32 Å². The Labute approximate surface area is 351 Å². The van der Waals surface area contributed by atoms with Gasteiger partial charge in [0.25, 0.3) is 0 Å². The molecule has 1 unspecified atom stereocenters. The van der Waals surface area contributed by atoms with Gasteiger partial charge in [0.15, 0.2) is 29.0 Å². The van der Waals surface area contributed by atoms with E-state index < -0.39 is 71.5 Å². The van der Waals surface area contributed by atoms with Crippen molar-refractivity contribution in [2.45, 2.75) is 140 Å². The van der Waals surface area contributed by atoms with Crippen LogP contribution in [0.5, 0.6) is 0 Å². The molecule has 0 aromatic heterocycles. The fourth-order valence-electron chi connectivity index (χ4n) is 6.74. The molecule has 59 heavy (non-hydrogen) atoms. The number of alkyl carbamates (subject to hydrolysis) is 1. The number of carbonyl (C=O) groups is 2. The van der Waals surface area contributed by atoms with Crippen molar-refractivity contribution in [3.05, 3.63) is 106 Å². The molecule has 5 rings (SSSR count). The molecule has 0 bridgehead atoms. The van der Waals surface area contributed by atoms with Gasteiger partial charge in [0.05, 0.1) is 18.8 Å². The van der Waals surface area contributed by atoms with Gasteiger partial charge in [-0.15, -0.1) is 0 Å². The number of amides is 1. The fraction of sp³-hybridized carbons (Fsp3) is 0.545. The summed E-state index contributed by atoms with van der Waals surface area (Å²) in [4.78, 5) is 30.7. The quantitative estimate of drug-likeness (QED) is 0.0498. The second-order valence-corrected chi connectivity index (χ2v) is 28.1. The first kappa shape index (κ1) is 46.0. The first-order valence-corrected chi connectivity index (χ1v) is 26.1. The molecule has 1 aliphatic carbocycles. The van der Waals surface area contributed by atoms with Gasteiger partial charge in [-0.25, -0.2) is 9.59 Å². The van der Waals surface area contributed by atoms with Gasteiger partial charge in [0.2, 0.25) is 0 Å². The van der Waals surface area contributed by atoms with E-state index in [1.165, 1.54) is 0 Å². The first-order valence-electron chi connectivity index (χ1n) is 20.3. The summed E-state index contributed by atoms with van der Waals surface area (Å²) in [5.74, 6) is -0.988. The molecule has 0 radical (unpaired) electrons. The number of rotatable bonds is 15. The number of hydrogen-bond donors (Lipinski definition) is 2. The fourth-order valence-corrected chi connectivity index (χ4v) is 9.07. The lowest BCUT2D eigenvalue weighted by atomic mass is 9.97. The molecule has 0 saturated carbocycles. The number of azide groups is 1. The zero-order valence-electron chi connectivity index (χ0n) is 36.3. The van der Waals surface area contributed by atoms with E-state index in [4.69, 9.17) is 27.8 Å². The van der Waals surface area contributed by atoms with Gasteiger partial charge in [-0.1, -0.05) is 126 Å². The number of carbonyl (C=O) groups excluding carboxylic acids is 2. The summed E-state index contributed by atoms with van der Waals surface area (Å²) in [6.45, 7) is 22.4. The molecule has 1 amide bonds. The number of hydrogen-bond acceptors (Lipinski definition) is 10. The molecule has 0 spiro atoms. The number of fused-ring (bicyclic) bond motifs is 3. The van der Waals surface area contributed by atoms with E-state index in [0.29, 0.717) is 0 Å². The van der Waals surface area contributed by atoms with Gasteiger partial charge < -0.3 is 38.2 Å². The molecule has 1 aliphatic heterocycles. The van der Waals surface area contributed by atoms with Crippen LogP contribution >= 0.6 is 0 Å². The van der Waals surface area contributed by atoms with Crippen LogP contribution in [-0.4, -0.2) is 89.8 Å². The van der Waals surface area contributed by atoms with Crippen LogP contribution in [0.1, 0.15) is 71.1 Å². The second-order valence-electron chi connectivity index (χ2n) is 18.5. The maximum absolute atomic E-state index is 13.9. The monoisotopic (exact) mass is 846 g/mol. The van der Waals surface area contributed by atoms with Crippen molar-refractivity contribution in [1.82, 2.24) is 5.32 Å². The molecule has 2 N–H and O–H groups in total. The maximum atomic E-state index is 13.9. The Balaban J connectivity index is 1.41. The van der Waals surface area contributed by atoms with Crippen molar-refractivity contribution in [1.29, 1.82) is 0 Å². The minimum atomic E-state index is -2.60. The highest BCUT2D eigenvalue weighted by Crippen LogP contribution is 2.45. The van der Waals surface area contributed by atoms with Gasteiger partial charge in [0, 0.05) is 10.8 Å². The summed E-state index contributed by atoms with van der Waals surface area (Å²) in [6, 6.07) is 22.6. The van der Waals surface area contributed by atoms with Gasteiger partial charge in [-0.05, 0) is 76.5 Å². The topological polar surface area (TPSA) is 171 Å². The van der Waals surface area contributed by atoms with Crippen molar-refractivity contribution in [3.8, 4) is 11.1 Å². The Morgan fingerprint density at radius 2 is 1.41 bits per heavy atom. The molecule has 7 atom stereocenters. The van der Waals surface area contributed by atoms with Crippen molar-refractivity contribution < 1.29 is 42.5 Å². The number of aliphatic hydroxyl groups excluding tert-OH is 1. The van der Waals surface area contributed by atoms with Crippen molar-refractivity contribution in [2.75, 3.05) is 13.2 Å². The molecular weight excluding hydrogens is 785 g/mol. The first-order chi connectivity index (χ1) is 27.6. The average molecular weight is 847 g/mol. The highest BCUT2D eigenvalue weighted by Gasteiger charge is 2.52. The Morgan fingerprint density at radius 1 is 0.847 bits per heavy atom. The van der Waals surface area contributed by atoms with Gasteiger partial charge in [0.1, 0.15) is 31.5 Å². The molecule has 320 valence electrons. The number of nitrogens with zero attached hydrogens (tertiary/aromatic N) is 3. The van der Waals surface area contributed by atoms with E-state index in [0.717, 1.165) is 27.8 Å². The molecule has 1 heterocycles. The number of nitrogens with one attached hydrogen (secondary N) is 1. The van der Waals surface area contributed by atoms with Crippen molar-refractivity contribution >= 4 is 28.7 Å². The smallest absolute Gasteiger partial charge is 0.407 e. The van der Waals surface area contributed by atoms with Crippen molar-refractivity contribution in [2.24, 2.45) is 5.11 Å². The number of esters is 1.